The molecule has 0 aliphatic carbocycles. The average molecular weight is 357 g/mol. The minimum Gasteiger partial charge on any atom is -0.326 e. The topological polar surface area (TPSA) is 29.3 Å². The molecule has 6 heteroatoms. The molecule has 24 heavy (non-hydrogen) atoms. The van der Waals surface area contributed by atoms with Gasteiger partial charge in [-0.25, -0.2) is 0 Å². The van der Waals surface area contributed by atoms with Crippen LogP contribution in [0.4, 0.5) is 13.2 Å². The maximum absolute atomic E-state index is 12.6. The van der Waals surface area contributed by atoms with Gasteiger partial charge in [-0.3, -0.25) is 4.90 Å². The lowest BCUT2D eigenvalue weighted by atomic mass is 9.95. The maximum Gasteiger partial charge on any atom is 0.416 e. The molecule has 1 fully saturated rings. The van der Waals surface area contributed by atoms with Crippen molar-refractivity contribution in [3.63, 3.8) is 0 Å². The Morgan fingerprint density at radius 3 is 2.17 bits per heavy atom. The van der Waals surface area contributed by atoms with E-state index in [4.69, 9.17) is 5.73 Å². The maximum atomic E-state index is 12.6. The third kappa shape index (κ3) is 4.29. The predicted molar refractivity (Wildman–Crippen MR) is 91.1 cm³/mol. The van der Waals surface area contributed by atoms with Gasteiger partial charge in [0.25, 0.3) is 0 Å². The summed E-state index contributed by atoms with van der Waals surface area (Å²) in [6.45, 7) is 2.20. The van der Waals surface area contributed by atoms with Crippen LogP contribution in [0.5, 0.6) is 0 Å². The van der Waals surface area contributed by atoms with Crippen LogP contribution in [-0.2, 0) is 12.7 Å². The molecule has 0 saturated carbocycles. The summed E-state index contributed by atoms with van der Waals surface area (Å²) in [4.78, 5) is 2.20. The highest BCUT2D eigenvalue weighted by molar-refractivity contribution is 5.85. The zero-order chi connectivity index (χ0) is 16.4. The van der Waals surface area contributed by atoms with E-state index in [0.717, 1.165) is 30.8 Å². The lowest BCUT2D eigenvalue weighted by molar-refractivity contribution is -0.137. The van der Waals surface area contributed by atoms with Gasteiger partial charge in [0.05, 0.1) is 5.56 Å². The van der Waals surface area contributed by atoms with Gasteiger partial charge in [0.2, 0.25) is 0 Å². The van der Waals surface area contributed by atoms with Gasteiger partial charge in [-0.2, -0.15) is 13.2 Å². The Labute approximate surface area is 145 Å². The second-order valence-corrected chi connectivity index (χ2v) is 6.07. The molecule has 0 aromatic heterocycles. The molecule has 0 radical (unpaired) electrons. The van der Waals surface area contributed by atoms with Gasteiger partial charge in [0.1, 0.15) is 0 Å². The van der Waals surface area contributed by atoms with E-state index in [0.29, 0.717) is 6.54 Å². The number of halogens is 4. The van der Waals surface area contributed by atoms with Crippen LogP contribution >= 0.6 is 12.4 Å². The second kappa shape index (κ2) is 7.55. The van der Waals surface area contributed by atoms with E-state index in [2.05, 4.69) is 17.0 Å². The van der Waals surface area contributed by atoms with E-state index < -0.39 is 11.7 Å². The Morgan fingerprint density at radius 2 is 1.58 bits per heavy atom. The van der Waals surface area contributed by atoms with Crippen molar-refractivity contribution in [3.05, 3.63) is 71.3 Å². The van der Waals surface area contributed by atoms with Crippen molar-refractivity contribution >= 4 is 12.4 Å². The number of nitrogens with zero attached hydrogens (tertiary/aromatic N) is 1. The molecule has 1 saturated heterocycles. The number of hydrogen-bond acceptors (Lipinski definition) is 2. The third-order valence-corrected chi connectivity index (χ3v) is 4.36. The fraction of sp³-hybridized carbons (Fsp3) is 0.333. The van der Waals surface area contributed by atoms with E-state index in [1.165, 1.54) is 5.56 Å². The molecule has 2 nitrogen and oxygen atoms in total. The summed E-state index contributed by atoms with van der Waals surface area (Å²) in [5.41, 5.74) is 7.73. The van der Waals surface area contributed by atoms with Crippen LogP contribution in [0.25, 0.3) is 0 Å². The highest BCUT2D eigenvalue weighted by atomic mass is 35.5. The van der Waals surface area contributed by atoms with Gasteiger partial charge < -0.3 is 5.73 Å². The van der Waals surface area contributed by atoms with Crippen molar-refractivity contribution in [3.8, 4) is 0 Å². The number of likely N-dealkylation sites (tertiary alicyclic amines) is 1. The van der Waals surface area contributed by atoms with Crippen LogP contribution in [0.15, 0.2) is 54.6 Å². The minimum absolute atomic E-state index is 0. The van der Waals surface area contributed by atoms with Gasteiger partial charge in [-0.15, -0.1) is 12.4 Å². The molecule has 2 N–H and O–H groups in total. The van der Waals surface area contributed by atoms with E-state index in [1.807, 2.05) is 18.2 Å². The molecule has 0 amide bonds. The lowest BCUT2D eigenvalue weighted by Gasteiger charge is -2.16. The van der Waals surface area contributed by atoms with Gasteiger partial charge in [-0.1, -0.05) is 42.5 Å². The van der Waals surface area contributed by atoms with Crippen molar-refractivity contribution in [1.29, 1.82) is 0 Å². The van der Waals surface area contributed by atoms with Crippen LogP contribution in [0.1, 0.15) is 22.6 Å². The summed E-state index contributed by atoms with van der Waals surface area (Å²) in [5, 5.41) is 0. The Hall–Kier alpha value is -1.56. The predicted octanol–water partition coefficient (Wildman–Crippen LogP) is 4.05. The van der Waals surface area contributed by atoms with Crippen LogP contribution in [-0.4, -0.2) is 24.0 Å². The lowest BCUT2D eigenvalue weighted by Crippen LogP contribution is -2.28. The zero-order valence-electron chi connectivity index (χ0n) is 13.0. The zero-order valence-corrected chi connectivity index (χ0v) is 13.9. The number of rotatable bonds is 3. The van der Waals surface area contributed by atoms with Crippen LogP contribution in [0.3, 0.4) is 0 Å². The molecule has 130 valence electrons. The number of benzene rings is 2. The third-order valence-electron chi connectivity index (χ3n) is 4.36. The van der Waals surface area contributed by atoms with E-state index in [9.17, 15) is 13.2 Å². The highest BCUT2D eigenvalue weighted by Crippen LogP contribution is 2.30. The molecule has 0 bridgehead atoms. The summed E-state index contributed by atoms with van der Waals surface area (Å²) >= 11 is 0. The molecule has 1 aliphatic heterocycles. The second-order valence-electron chi connectivity index (χ2n) is 6.07. The Bertz CT molecular complexity index is 644. The molecule has 3 rings (SSSR count). The smallest absolute Gasteiger partial charge is 0.326 e. The molecule has 1 heterocycles. The normalized spacial score (nSPS) is 21.5. The Balaban J connectivity index is 0.00000208. The van der Waals surface area contributed by atoms with Gasteiger partial charge >= 0.3 is 6.18 Å². The molecular formula is C18H20ClF3N2. The van der Waals surface area contributed by atoms with Crippen LogP contribution < -0.4 is 5.73 Å². The SMILES string of the molecule is Cl.N[C@@H]1CN(Cc2ccc(C(F)(F)F)cc2)C[C@H]1c1ccccc1. The summed E-state index contributed by atoms with van der Waals surface area (Å²) in [7, 11) is 0. The monoisotopic (exact) mass is 356 g/mol. The first-order valence-corrected chi connectivity index (χ1v) is 7.62. The van der Waals surface area contributed by atoms with Crippen molar-refractivity contribution < 1.29 is 13.2 Å². The van der Waals surface area contributed by atoms with Gasteiger partial charge in [-0.05, 0) is 23.3 Å². The van der Waals surface area contributed by atoms with Gasteiger partial charge in [0, 0.05) is 31.6 Å². The van der Waals surface area contributed by atoms with Crippen molar-refractivity contribution in [2.45, 2.75) is 24.7 Å². The standard InChI is InChI=1S/C18H19F3N2.ClH/c19-18(20,21)15-8-6-13(7-9-15)10-23-11-16(17(22)12-23)14-4-2-1-3-5-14;/h1-9,16-17H,10-12,22H2;1H/t16-,17+;/m0./s1. The van der Waals surface area contributed by atoms with Crippen LogP contribution in [0, 0.1) is 0 Å². The molecule has 0 spiro atoms. The molecule has 2 aromatic rings. The largest absolute Gasteiger partial charge is 0.416 e. The van der Waals surface area contributed by atoms with E-state index in [1.54, 1.807) is 12.1 Å². The first kappa shape index (κ1) is 18.8. The minimum atomic E-state index is -4.28. The summed E-state index contributed by atoms with van der Waals surface area (Å²) in [6.07, 6.45) is -4.28. The number of hydrogen-bond donors (Lipinski definition) is 1. The fourth-order valence-electron chi connectivity index (χ4n) is 3.15. The van der Waals surface area contributed by atoms with Crippen molar-refractivity contribution in [2.24, 2.45) is 5.73 Å². The first-order valence-electron chi connectivity index (χ1n) is 7.62. The molecular weight excluding hydrogens is 337 g/mol. The molecule has 1 aliphatic rings. The summed E-state index contributed by atoms with van der Waals surface area (Å²) < 4.78 is 37.8. The van der Waals surface area contributed by atoms with E-state index in [-0.39, 0.29) is 24.4 Å². The Kier molecular flexibility index (Phi) is 5.91. The molecule has 0 unspecified atom stereocenters. The number of alkyl halides is 3. The highest BCUT2D eigenvalue weighted by Gasteiger charge is 2.32. The molecule has 2 atom stereocenters. The first-order chi connectivity index (χ1) is 10.9. The number of nitrogens with two attached hydrogens (primary N) is 1. The quantitative estimate of drug-likeness (QED) is 0.898. The summed E-state index contributed by atoms with van der Waals surface area (Å²) in [6, 6.07) is 15.5. The van der Waals surface area contributed by atoms with Gasteiger partial charge in [0.15, 0.2) is 0 Å². The fourth-order valence-corrected chi connectivity index (χ4v) is 3.15. The summed E-state index contributed by atoms with van der Waals surface area (Å²) in [5.74, 6) is 0.269. The van der Waals surface area contributed by atoms with Crippen molar-refractivity contribution in [1.82, 2.24) is 4.90 Å². The Morgan fingerprint density at radius 1 is 0.958 bits per heavy atom. The molecule has 2 aromatic carbocycles. The van der Waals surface area contributed by atoms with Crippen LogP contribution in [0.2, 0.25) is 0 Å². The average Bonchev–Trinajstić information content (AvgIpc) is 2.88. The van der Waals surface area contributed by atoms with E-state index >= 15 is 0 Å². The van der Waals surface area contributed by atoms with Crippen molar-refractivity contribution in [2.75, 3.05) is 13.1 Å².